The van der Waals surface area contributed by atoms with Crippen LogP contribution < -0.4 is 5.32 Å². The molecule has 1 N–H and O–H groups in total. The summed E-state index contributed by atoms with van der Waals surface area (Å²) in [6, 6.07) is 8.16. The smallest absolute Gasteiger partial charge is 0.317 e. The Kier molecular flexibility index (Phi) is 6.73. The van der Waals surface area contributed by atoms with E-state index in [0.717, 1.165) is 19.3 Å². The summed E-state index contributed by atoms with van der Waals surface area (Å²) in [5, 5.41) is 2.97. The first kappa shape index (κ1) is 20.1. The molecule has 8 heteroatoms. The summed E-state index contributed by atoms with van der Waals surface area (Å²) < 4.78 is 28.5. The van der Waals surface area contributed by atoms with Crippen LogP contribution in [0.1, 0.15) is 30.4 Å². The normalized spacial score (nSPS) is 19.8. The second kappa shape index (κ2) is 9.03. The fraction of sp³-hybridized carbons (Fsp3) is 0.632. The minimum atomic E-state index is -3.38. The Balaban J connectivity index is 1.47. The molecule has 0 bridgehead atoms. The summed E-state index contributed by atoms with van der Waals surface area (Å²) in [7, 11) is -3.38. The van der Waals surface area contributed by atoms with Gasteiger partial charge in [-0.3, -0.25) is 0 Å². The van der Waals surface area contributed by atoms with Crippen molar-refractivity contribution in [2.75, 3.05) is 45.8 Å². The Morgan fingerprint density at radius 3 is 2.44 bits per heavy atom. The zero-order valence-electron chi connectivity index (χ0n) is 16.1. The lowest BCUT2D eigenvalue weighted by Crippen LogP contribution is -2.45. The van der Waals surface area contributed by atoms with Gasteiger partial charge in [0.05, 0.1) is 0 Å². The first-order chi connectivity index (χ1) is 13.0. The molecule has 2 saturated heterocycles. The van der Waals surface area contributed by atoms with Gasteiger partial charge in [0.25, 0.3) is 10.2 Å². The molecule has 7 nitrogen and oxygen atoms in total. The van der Waals surface area contributed by atoms with Crippen molar-refractivity contribution in [1.82, 2.24) is 18.8 Å². The minimum Gasteiger partial charge on any atom is -0.338 e. The van der Waals surface area contributed by atoms with E-state index in [4.69, 9.17) is 0 Å². The lowest BCUT2D eigenvalue weighted by atomic mass is 10.1. The Morgan fingerprint density at radius 1 is 1.00 bits per heavy atom. The van der Waals surface area contributed by atoms with Crippen LogP contribution >= 0.6 is 0 Å². The zero-order valence-corrected chi connectivity index (χ0v) is 16.9. The summed E-state index contributed by atoms with van der Waals surface area (Å²) in [6.45, 7) is 5.72. The molecule has 0 spiro atoms. The van der Waals surface area contributed by atoms with E-state index in [-0.39, 0.29) is 6.03 Å². The van der Waals surface area contributed by atoms with Crippen molar-refractivity contribution in [3.63, 3.8) is 0 Å². The summed E-state index contributed by atoms with van der Waals surface area (Å²) in [5.41, 5.74) is 2.42. The quantitative estimate of drug-likeness (QED) is 0.824. The fourth-order valence-corrected chi connectivity index (χ4v) is 5.42. The monoisotopic (exact) mass is 394 g/mol. The molecule has 0 atom stereocenters. The highest BCUT2D eigenvalue weighted by Gasteiger charge is 2.33. The second-order valence-electron chi connectivity index (χ2n) is 7.32. The molecule has 0 aliphatic carbocycles. The predicted molar refractivity (Wildman–Crippen MR) is 106 cm³/mol. The fourth-order valence-electron chi connectivity index (χ4n) is 3.70. The van der Waals surface area contributed by atoms with E-state index in [1.54, 1.807) is 13.5 Å². The molecule has 0 unspecified atom stereocenters. The van der Waals surface area contributed by atoms with Crippen LogP contribution in [-0.2, 0) is 16.6 Å². The van der Waals surface area contributed by atoms with Gasteiger partial charge in [-0.2, -0.15) is 17.0 Å². The zero-order chi connectivity index (χ0) is 19.3. The van der Waals surface area contributed by atoms with E-state index in [1.807, 2.05) is 6.07 Å². The van der Waals surface area contributed by atoms with Gasteiger partial charge in [0.1, 0.15) is 0 Å². The Labute approximate surface area is 162 Å². The van der Waals surface area contributed by atoms with Gasteiger partial charge in [-0.25, -0.2) is 4.79 Å². The third-order valence-corrected chi connectivity index (χ3v) is 7.27. The lowest BCUT2D eigenvalue weighted by Gasteiger charge is -2.26. The van der Waals surface area contributed by atoms with Gasteiger partial charge in [-0.15, -0.1) is 0 Å². The molecule has 0 saturated carbocycles. The number of rotatable bonds is 5. The van der Waals surface area contributed by atoms with Crippen molar-refractivity contribution in [2.45, 2.75) is 32.6 Å². The van der Waals surface area contributed by atoms with Crippen LogP contribution in [0.3, 0.4) is 0 Å². The number of benzene rings is 1. The van der Waals surface area contributed by atoms with Gasteiger partial charge < -0.3 is 10.2 Å². The average Bonchev–Trinajstić information content (AvgIpc) is 3.07. The highest BCUT2D eigenvalue weighted by molar-refractivity contribution is 7.86. The van der Waals surface area contributed by atoms with Crippen LogP contribution in [0.2, 0.25) is 0 Å². The molecule has 2 heterocycles. The molecular weight excluding hydrogens is 364 g/mol. The number of hydrogen-bond acceptors (Lipinski definition) is 3. The maximum absolute atomic E-state index is 12.7. The molecule has 27 heavy (non-hydrogen) atoms. The average molecular weight is 395 g/mol. The first-order valence-corrected chi connectivity index (χ1v) is 11.2. The largest absolute Gasteiger partial charge is 0.338 e. The van der Waals surface area contributed by atoms with Gasteiger partial charge in [-0.05, 0) is 38.2 Å². The number of carbonyl (C=O) groups excluding carboxylic acids is 1. The van der Waals surface area contributed by atoms with Crippen LogP contribution in [-0.4, -0.2) is 73.8 Å². The second-order valence-corrected chi connectivity index (χ2v) is 9.25. The van der Waals surface area contributed by atoms with Crippen molar-refractivity contribution >= 4 is 16.2 Å². The number of aryl methyl sites for hydroxylation is 1. The van der Waals surface area contributed by atoms with Crippen LogP contribution in [0.4, 0.5) is 4.79 Å². The number of nitrogens with one attached hydrogen (secondary N) is 1. The maximum atomic E-state index is 12.7. The lowest BCUT2D eigenvalue weighted by molar-refractivity contribution is 0.200. The summed E-state index contributed by atoms with van der Waals surface area (Å²) >= 11 is 0. The number of carbonyl (C=O) groups is 1. The maximum Gasteiger partial charge on any atom is 0.317 e. The van der Waals surface area contributed by atoms with Gasteiger partial charge in [0, 0.05) is 45.8 Å². The Hall–Kier alpha value is -1.64. The van der Waals surface area contributed by atoms with E-state index in [0.29, 0.717) is 52.2 Å². The van der Waals surface area contributed by atoms with Gasteiger partial charge >= 0.3 is 6.03 Å². The highest BCUT2D eigenvalue weighted by Crippen LogP contribution is 2.18. The van der Waals surface area contributed by atoms with Crippen LogP contribution in [0.15, 0.2) is 24.3 Å². The van der Waals surface area contributed by atoms with Gasteiger partial charge in [0.15, 0.2) is 0 Å². The molecule has 0 aromatic heterocycles. The summed E-state index contributed by atoms with van der Waals surface area (Å²) in [6.07, 6.45) is 3.32. The molecule has 2 aliphatic rings. The molecule has 3 rings (SSSR count). The van der Waals surface area contributed by atoms with E-state index >= 15 is 0 Å². The number of amides is 2. The molecule has 2 aliphatic heterocycles. The van der Waals surface area contributed by atoms with E-state index in [2.05, 4.69) is 30.4 Å². The van der Waals surface area contributed by atoms with Gasteiger partial charge in [0.2, 0.25) is 0 Å². The van der Waals surface area contributed by atoms with Gasteiger partial charge in [-0.1, -0.05) is 29.8 Å². The molecule has 2 amide bonds. The van der Waals surface area contributed by atoms with Crippen LogP contribution in [0.5, 0.6) is 0 Å². The topological polar surface area (TPSA) is 73.0 Å². The Morgan fingerprint density at radius 2 is 1.70 bits per heavy atom. The SMILES string of the molecule is Cc1cccc(CCNC(=O)N2CCCN(S(=O)(=O)N3CCCC3)CC2)c1. The standard InChI is InChI=1S/C19H30N4O3S/c1-17-6-4-7-18(16-17)8-9-20-19(24)21-10-5-13-23(15-14-21)27(25,26)22-11-2-3-12-22/h4,6-7,16H,2-3,5,8-15H2,1H3,(H,20,24). The minimum absolute atomic E-state index is 0.108. The van der Waals surface area contributed by atoms with Crippen molar-refractivity contribution in [2.24, 2.45) is 0 Å². The van der Waals surface area contributed by atoms with E-state index in [9.17, 15) is 13.2 Å². The summed E-state index contributed by atoms with van der Waals surface area (Å²) in [4.78, 5) is 14.2. The van der Waals surface area contributed by atoms with Crippen LogP contribution in [0.25, 0.3) is 0 Å². The van der Waals surface area contributed by atoms with Crippen molar-refractivity contribution < 1.29 is 13.2 Å². The highest BCUT2D eigenvalue weighted by atomic mass is 32.2. The number of urea groups is 1. The van der Waals surface area contributed by atoms with Crippen molar-refractivity contribution in [1.29, 1.82) is 0 Å². The van der Waals surface area contributed by atoms with Crippen LogP contribution in [0, 0.1) is 6.92 Å². The molecule has 2 fully saturated rings. The predicted octanol–water partition coefficient (Wildman–Crippen LogP) is 1.60. The number of hydrogen-bond donors (Lipinski definition) is 1. The first-order valence-electron chi connectivity index (χ1n) is 9.80. The molecule has 1 aromatic rings. The molecule has 1 aromatic carbocycles. The van der Waals surface area contributed by atoms with Crippen molar-refractivity contribution in [3.05, 3.63) is 35.4 Å². The molecular formula is C19H30N4O3S. The van der Waals surface area contributed by atoms with E-state index < -0.39 is 10.2 Å². The molecule has 150 valence electrons. The summed E-state index contributed by atoms with van der Waals surface area (Å²) in [5.74, 6) is 0. The number of nitrogens with zero attached hydrogens (tertiary/aromatic N) is 3. The molecule has 0 radical (unpaired) electrons. The third kappa shape index (κ3) is 5.21. The Bertz CT molecular complexity index is 747. The van der Waals surface area contributed by atoms with Crippen molar-refractivity contribution in [3.8, 4) is 0 Å². The third-order valence-electron chi connectivity index (χ3n) is 5.23. The van der Waals surface area contributed by atoms with E-state index in [1.165, 1.54) is 11.1 Å².